The van der Waals surface area contributed by atoms with E-state index in [1.54, 1.807) is 10.7 Å². The Kier molecular flexibility index (Phi) is 4.44. The maximum atomic E-state index is 12.8. The van der Waals surface area contributed by atoms with Crippen molar-refractivity contribution in [1.29, 1.82) is 0 Å². The third-order valence-corrected chi connectivity index (χ3v) is 4.53. The molecule has 5 heteroatoms. The lowest BCUT2D eigenvalue weighted by Gasteiger charge is -2.27. The fourth-order valence-electron chi connectivity index (χ4n) is 3.20. The maximum Gasteiger partial charge on any atom is 0.272 e. The van der Waals surface area contributed by atoms with Gasteiger partial charge in [-0.25, -0.2) is 0 Å². The molecule has 1 amide bonds. The van der Waals surface area contributed by atoms with E-state index in [1.807, 2.05) is 41.3 Å². The van der Waals surface area contributed by atoms with Crippen molar-refractivity contribution in [2.45, 2.75) is 26.6 Å². The number of hydrogen-bond donors (Lipinski definition) is 0. The lowest BCUT2D eigenvalue weighted by atomic mass is 10.1. The first-order valence-corrected chi connectivity index (χ1v) is 8.78. The highest BCUT2D eigenvalue weighted by molar-refractivity contribution is 5.93. The first-order valence-electron chi connectivity index (χ1n) is 8.78. The van der Waals surface area contributed by atoms with E-state index in [-0.39, 0.29) is 5.91 Å². The fourth-order valence-corrected chi connectivity index (χ4v) is 3.20. The van der Waals surface area contributed by atoms with Crippen LogP contribution < -0.4 is 4.74 Å². The molecule has 0 aliphatic carbocycles. The van der Waals surface area contributed by atoms with Crippen molar-refractivity contribution in [3.63, 3.8) is 0 Å². The largest absolute Gasteiger partial charge is 0.472 e. The number of nitrogens with zero attached hydrogens (tertiary/aromatic N) is 3. The van der Waals surface area contributed by atoms with E-state index >= 15 is 0 Å². The van der Waals surface area contributed by atoms with Gasteiger partial charge in [-0.2, -0.15) is 0 Å². The molecule has 2 heterocycles. The van der Waals surface area contributed by atoms with E-state index in [2.05, 4.69) is 30.2 Å². The molecule has 3 aromatic rings. The average molecular weight is 347 g/mol. The Labute approximate surface area is 152 Å². The fraction of sp³-hybridized carbons (Fsp3) is 0.238. The summed E-state index contributed by atoms with van der Waals surface area (Å²) in [6, 6.07) is 19.9. The number of aryl methyl sites for hydroxylation is 1. The monoisotopic (exact) mass is 347 g/mol. The molecule has 5 nitrogen and oxygen atoms in total. The Hall–Kier alpha value is -3.08. The van der Waals surface area contributed by atoms with E-state index in [0.29, 0.717) is 37.8 Å². The summed E-state index contributed by atoms with van der Waals surface area (Å²) in [7, 11) is 0. The van der Waals surface area contributed by atoms with Gasteiger partial charge in [0.1, 0.15) is 12.3 Å². The summed E-state index contributed by atoms with van der Waals surface area (Å²) in [5, 5.41) is 4.42. The highest BCUT2D eigenvalue weighted by Crippen LogP contribution is 2.20. The second-order valence-electron chi connectivity index (χ2n) is 6.58. The van der Waals surface area contributed by atoms with Gasteiger partial charge in [0.05, 0.1) is 6.54 Å². The number of rotatable bonds is 5. The molecule has 0 spiro atoms. The van der Waals surface area contributed by atoms with Crippen LogP contribution in [0.25, 0.3) is 0 Å². The summed E-state index contributed by atoms with van der Waals surface area (Å²) in [5.74, 6) is 0.495. The van der Waals surface area contributed by atoms with E-state index < -0.39 is 0 Å². The minimum absolute atomic E-state index is 0.000169. The predicted octanol–water partition coefficient (Wildman–Crippen LogP) is 3.43. The van der Waals surface area contributed by atoms with Crippen LogP contribution in [0.15, 0.2) is 60.7 Å². The second kappa shape index (κ2) is 7.04. The van der Waals surface area contributed by atoms with Crippen LogP contribution >= 0.6 is 0 Å². The number of aromatic nitrogens is 2. The van der Waals surface area contributed by atoms with Gasteiger partial charge < -0.3 is 9.64 Å². The van der Waals surface area contributed by atoms with Gasteiger partial charge in [0.2, 0.25) is 5.88 Å². The Morgan fingerprint density at radius 1 is 1.00 bits per heavy atom. The standard InChI is InChI=1S/C21H21N3O2/c1-16-6-5-9-18(12-16)14-23-10-11-24-19(21(23)25)13-20(22-24)26-15-17-7-3-2-4-8-17/h2-9,12-13H,10-11,14-15H2,1H3. The summed E-state index contributed by atoms with van der Waals surface area (Å²) < 4.78 is 7.51. The lowest BCUT2D eigenvalue weighted by molar-refractivity contribution is 0.0683. The van der Waals surface area contributed by atoms with Crippen molar-refractivity contribution in [3.8, 4) is 5.88 Å². The number of ether oxygens (including phenoxy) is 1. The molecular formula is C21H21N3O2. The number of hydrogen-bond acceptors (Lipinski definition) is 3. The lowest BCUT2D eigenvalue weighted by Crippen LogP contribution is -2.39. The summed E-state index contributed by atoms with van der Waals surface area (Å²) in [6.45, 7) is 4.46. The van der Waals surface area contributed by atoms with Crippen LogP contribution in [-0.2, 0) is 19.7 Å². The number of carbonyl (C=O) groups is 1. The molecule has 0 saturated heterocycles. The van der Waals surface area contributed by atoms with Crippen molar-refractivity contribution < 1.29 is 9.53 Å². The smallest absolute Gasteiger partial charge is 0.272 e. The molecule has 26 heavy (non-hydrogen) atoms. The van der Waals surface area contributed by atoms with Gasteiger partial charge in [-0.1, -0.05) is 60.2 Å². The van der Waals surface area contributed by atoms with Crippen LogP contribution in [0.1, 0.15) is 27.2 Å². The molecule has 0 saturated carbocycles. The van der Waals surface area contributed by atoms with Gasteiger partial charge in [-0.3, -0.25) is 9.48 Å². The predicted molar refractivity (Wildman–Crippen MR) is 98.9 cm³/mol. The third-order valence-electron chi connectivity index (χ3n) is 4.53. The zero-order valence-corrected chi connectivity index (χ0v) is 14.8. The molecule has 0 N–H and O–H groups in total. The Morgan fingerprint density at radius 3 is 2.62 bits per heavy atom. The van der Waals surface area contributed by atoms with Crippen molar-refractivity contribution in [1.82, 2.24) is 14.7 Å². The molecule has 1 aliphatic heterocycles. The number of benzene rings is 2. The summed E-state index contributed by atoms with van der Waals surface area (Å²) in [5.41, 5.74) is 4.01. The van der Waals surface area contributed by atoms with E-state index in [0.717, 1.165) is 11.1 Å². The number of fused-ring (bicyclic) bond motifs is 1. The van der Waals surface area contributed by atoms with Crippen LogP contribution in [0.4, 0.5) is 0 Å². The SMILES string of the molecule is Cc1cccc(CN2CCn3nc(OCc4ccccc4)cc3C2=O)c1. The molecule has 0 fully saturated rings. The Bertz CT molecular complexity index is 918. The molecule has 1 aromatic heterocycles. The van der Waals surface area contributed by atoms with Crippen molar-refractivity contribution in [3.05, 3.63) is 83.0 Å². The third kappa shape index (κ3) is 3.47. The summed E-state index contributed by atoms with van der Waals surface area (Å²) in [6.07, 6.45) is 0. The average Bonchev–Trinajstić information content (AvgIpc) is 3.07. The molecular weight excluding hydrogens is 326 g/mol. The molecule has 132 valence electrons. The van der Waals surface area contributed by atoms with Crippen LogP contribution in [0.2, 0.25) is 0 Å². The van der Waals surface area contributed by atoms with E-state index in [1.165, 1.54) is 5.56 Å². The first kappa shape index (κ1) is 16.4. The zero-order chi connectivity index (χ0) is 17.9. The number of carbonyl (C=O) groups excluding carboxylic acids is 1. The van der Waals surface area contributed by atoms with Crippen molar-refractivity contribution >= 4 is 5.91 Å². The van der Waals surface area contributed by atoms with Crippen LogP contribution in [0.3, 0.4) is 0 Å². The van der Waals surface area contributed by atoms with Gasteiger partial charge >= 0.3 is 0 Å². The Balaban J connectivity index is 1.45. The van der Waals surface area contributed by atoms with Crippen LogP contribution in [0, 0.1) is 6.92 Å². The van der Waals surface area contributed by atoms with Gasteiger partial charge in [0.15, 0.2) is 0 Å². The maximum absolute atomic E-state index is 12.8. The van der Waals surface area contributed by atoms with E-state index in [9.17, 15) is 4.79 Å². The van der Waals surface area contributed by atoms with Crippen LogP contribution in [0.5, 0.6) is 5.88 Å². The van der Waals surface area contributed by atoms with Crippen LogP contribution in [-0.4, -0.2) is 27.1 Å². The molecule has 0 atom stereocenters. The molecule has 0 unspecified atom stereocenters. The summed E-state index contributed by atoms with van der Waals surface area (Å²) in [4.78, 5) is 14.7. The highest BCUT2D eigenvalue weighted by atomic mass is 16.5. The Morgan fingerprint density at radius 2 is 1.81 bits per heavy atom. The minimum atomic E-state index is -0.000169. The quantitative estimate of drug-likeness (QED) is 0.710. The molecule has 4 rings (SSSR count). The van der Waals surface area contributed by atoms with Gasteiger partial charge in [-0.15, -0.1) is 5.10 Å². The minimum Gasteiger partial charge on any atom is -0.472 e. The van der Waals surface area contributed by atoms with Crippen molar-refractivity contribution in [2.75, 3.05) is 6.54 Å². The van der Waals surface area contributed by atoms with Gasteiger partial charge in [0, 0.05) is 19.2 Å². The van der Waals surface area contributed by atoms with Gasteiger partial charge in [-0.05, 0) is 18.1 Å². The highest BCUT2D eigenvalue weighted by Gasteiger charge is 2.26. The summed E-state index contributed by atoms with van der Waals surface area (Å²) >= 11 is 0. The molecule has 2 aromatic carbocycles. The molecule has 1 aliphatic rings. The van der Waals surface area contributed by atoms with Crippen molar-refractivity contribution in [2.24, 2.45) is 0 Å². The van der Waals surface area contributed by atoms with E-state index in [4.69, 9.17) is 4.74 Å². The normalized spacial score (nSPS) is 13.6. The zero-order valence-electron chi connectivity index (χ0n) is 14.8. The number of amides is 1. The second-order valence-corrected chi connectivity index (χ2v) is 6.58. The van der Waals surface area contributed by atoms with Gasteiger partial charge in [0.25, 0.3) is 5.91 Å². The molecule has 0 radical (unpaired) electrons. The molecule has 0 bridgehead atoms. The first-order chi connectivity index (χ1) is 12.7. The topological polar surface area (TPSA) is 47.4 Å².